The van der Waals surface area contributed by atoms with Crippen LogP contribution in [0.2, 0.25) is 0 Å². The van der Waals surface area contributed by atoms with Gasteiger partial charge >= 0.3 is 0 Å². The number of hydrogen-bond donors (Lipinski definition) is 2. The molecule has 0 aliphatic rings. The minimum Gasteiger partial charge on any atom is -0.444 e. The molecule has 0 saturated heterocycles. The van der Waals surface area contributed by atoms with Crippen molar-refractivity contribution in [2.75, 3.05) is 5.73 Å². The molecule has 0 spiro atoms. The highest BCUT2D eigenvalue weighted by atomic mass is 16.4. The number of oxazole rings is 1. The zero-order valence-electron chi connectivity index (χ0n) is 10.4. The lowest BCUT2D eigenvalue weighted by Gasteiger charge is -2.06. The third kappa shape index (κ3) is 2.68. The average molecular weight is 245 g/mol. The van der Waals surface area contributed by atoms with Crippen LogP contribution in [-0.2, 0) is 6.54 Å². The SMILES string of the molecule is Cc1ccc(C(=O)NCc2ncc(C)o2)c(N)c1. The van der Waals surface area contributed by atoms with Crippen LogP contribution in [0.4, 0.5) is 5.69 Å². The Hall–Kier alpha value is -2.30. The van der Waals surface area contributed by atoms with Gasteiger partial charge in [0.15, 0.2) is 0 Å². The topological polar surface area (TPSA) is 81.2 Å². The van der Waals surface area contributed by atoms with E-state index in [0.717, 1.165) is 5.56 Å². The number of aryl methyl sites for hydroxylation is 2. The smallest absolute Gasteiger partial charge is 0.253 e. The summed E-state index contributed by atoms with van der Waals surface area (Å²) in [5.41, 5.74) is 7.75. The number of carbonyl (C=O) groups excluding carboxylic acids is 1. The number of hydrogen-bond acceptors (Lipinski definition) is 4. The first-order valence-electron chi connectivity index (χ1n) is 5.62. The van der Waals surface area contributed by atoms with Gasteiger partial charge in [0.2, 0.25) is 5.89 Å². The maximum absolute atomic E-state index is 11.9. The molecule has 18 heavy (non-hydrogen) atoms. The predicted octanol–water partition coefficient (Wildman–Crippen LogP) is 1.80. The van der Waals surface area contributed by atoms with Gasteiger partial charge in [-0.3, -0.25) is 4.79 Å². The molecule has 0 fully saturated rings. The highest BCUT2D eigenvalue weighted by Crippen LogP contribution is 2.13. The summed E-state index contributed by atoms with van der Waals surface area (Å²) >= 11 is 0. The van der Waals surface area contributed by atoms with Gasteiger partial charge in [0, 0.05) is 5.69 Å². The fourth-order valence-corrected chi connectivity index (χ4v) is 1.62. The minimum absolute atomic E-state index is 0.233. The van der Waals surface area contributed by atoms with Crippen molar-refractivity contribution in [1.29, 1.82) is 0 Å². The van der Waals surface area contributed by atoms with Gasteiger partial charge in [-0.15, -0.1) is 0 Å². The van der Waals surface area contributed by atoms with E-state index in [1.807, 2.05) is 13.0 Å². The molecule has 3 N–H and O–H groups in total. The molecule has 1 heterocycles. The number of rotatable bonds is 3. The van der Waals surface area contributed by atoms with Gasteiger partial charge in [-0.1, -0.05) is 6.07 Å². The van der Waals surface area contributed by atoms with Crippen LogP contribution >= 0.6 is 0 Å². The third-order valence-electron chi connectivity index (χ3n) is 2.52. The van der Waals surface area contributed by atoms with E-state index < -0.39 is 0 Å². The van der Waals surface area contributed by atoms with E-state index in [1.54, 1.807) is 25.3 Å². The van der Waals surface area contributed by atoms with Crippen molar-refractivity contribution in [3.8, 4) is 0 Å². The number of carbonyl (C=O) groups is 1. The van der Waals surface area contributed by atoms with Gasteiger partial charge in [-0.05, 0) is 31.5 Å². The summed E-state index contributed by atoms with van der Waals surface area (Å²) in [6.07, 6.45) is 1.61. The number of benzene rings is 1. The highest BCUT2D eigenvalue weighted by Gasteiger charge is 2.10. The van der Waals surface area contributed by atoms with Crippen LogP contribution in [0.15, 0.2) is 28.8 Å². The number of nitrogens with two attached hydrogens (primary N) is 1. The van der Waals surface area contributed by atoms with Crippen LogP contribution in [0.5, 0.6) is 0 Å². The third-order valence-corrected chi connectivity index (χ3v) is 2.52. The lowest BCUT2D eigenvalue weighted by Crippen LogP contribution is -2.24. The van der Waals surface area contributed by atoms with Gasteiger partial charge in [-0.25, -0.2) is 4.98 Å². The Kier molecular flexibility index (Phi) is 3.32. The molecule has 5 heteroatoms. The van der Waals surface area contributed by atoms with Gasteiger partial charge in [-0.2, -0.15) is 0 Å². The Morgan fingerprint density at radius 1 is 1.44 bits per heavy atom. The molecule has 0 aliphatic heterocycles. The summed E-state index contributed by atoms with van der Waals surface area (Å²) in [4.78, 5) is 15.9. The molecular formula is C13H15N3O2. The van der Waals surface area contributed by atoms with Gasteiger partial charge < -0.3 is 15.5 Å². The van der Waals surface area contributed by atoms with E-state index in [9.17, 15) is 4.79 Å². The molecule has 1 aromatic carbocycles. The number of anilines is 1. The molecule has 0 aliphatic carbocycles. The lowest BCUT2D eigenvalue weighted by atomic mass is 10.1. The van der Waals surface area contributed by atoms with Crippen LogP contribution in [0.25, 0.3) is 0 Å². The fraction of sp³-hybridized carbons (Fsp3) is 0.231. The Morgan fingerprint density at radius 2 is 2.22 bits per heavy atom. The molecule has 94 valence electrons. The molecule has 1 aromatic heterocycles. The number of nitrogens with one attached hydrogen (secondary N) is 1. The lowest BCUT2D eigenvalue weighted by molar-refractivity contribution is 0.0948. The second kappa shape index (κ2) is 4.91. The average Bonchev–Trinajstić information content (AvgIpc) is 2.72. The summed E-state index contributed by atoms with van der Waals surface area (Å²) < 4.78 is 5.26. The van der Waals surface area contributed by atoms with Crippen molar-refractivity contribution in [3.05, 3.63) is 47.2 Å². The standard InChI is InChI=1S/C13H15N3O2/c1-8-3-4-10(11(14)5-8)13(17)16-7-12-15-6-9(2)18-12/h3-6H,7,14H2,1-2H3,(H,16,17). The zero-order chi connectivity index (χ0) is 13.1. The maximum atomic E-state index is 11.9. The predicted molar refractivity (Wildman–Crippen MR) is 68.0 cm³/mol. The largest absolute Gasteiger partial charge is 0.444 e. The number of aromatic nitrogens is 1. The fourth-order valence-electron chi connectivity index (χ4n) is 1.62. The summed E-state index contributed by atoms with van der Waals surface area (Å²) in [5.74, 6) is 0.962. The molecule has 5 nitrogen and oxygen atoms in total. The van der Waals surface area contributed by atoms with Crippen molar-refractivity contribution in [1.82, 2.24) is 10.3 Å². The molecule has 2 rings (SSSR count). The molecule has 0 radical (unpaired) electrons. The monoisotopic (exact) mass is 245 g/mol. The van der Waals surface area contributed by atoms with Gasteiger partial charge in [0.25, 0.3) is 5.91 Å². The molecule has 2 aromatic rings. The summed E-state index contributed by atoms with van der Waals surface area (Å²) in [5, 5.41) is 2.71. The van der Waals surface area contributed by atoms with Crippen LogP contribution in [-0.4, -0.2) is 10.9 Å². The van der Waals surface area contributed by atoms with Crippen LogP contribution in [0, 0.1) is 13.8 Å². The van der Waals surface area contributed by atoms with E-state index in [2.05, 4.69) is 10.3 Å². The molecule has 1 amide bonds. The first-order chi connectivity index (χ1) is 8.56. The van der Waals surface area contributed by atoms with E-state index >= 15 is 0 Å². The first-order valence-corrected chi connectivity index (χ1v) is 5.62. The van der Waals surface area contributed by atoms with E-state index in [4.69, 9.17) is 10.2 Å². The minimum atomic E-state index is -0.233. The highest BCUT2D eigenvalue weighted by molar-refractivity contribution is 5.99. The molecular weight excluding hydrogens is 230 g/mol. The number of nitrogen functional groups attached to an aromatic ring is 1. The quantitative estimate of drug-likeness (QED) is 0.808. The van der Waals surface area contributed by atoms with Crippen LogP contribution < -0.4 is 11.1 Å². The van der Waals surface area contributed by atoms with E-state index in [0.29, 0.717) is 22.9 Å². The van der Waals surface area contributed by atoms with Crippen molar-refractivity contribution >= 4 is 11.6 Å². The van der Waals surface area contributed by atoms with E-state index in [-0.39, 0.29) is 12.5 Å². The number of amides is 1. The van der Waals surface area contributed by atoms with Gasteiger partial charge in [0.05, 0.1) is 18.3 Å². The molecule has 0 bridgehead atoms. The van der Waals surface area contributed by atoms with Crippen LogP contribution in [0.1, 0.15) is 27.6 Å². The second-order valence-corrected chi connectivity index (χ2v) is 4.14. The van der Waals surface area contributed by atoms with Crippen molar-refractivity contribution in [2.24, 2.45) is 0 Å². The Balaban J connectivity index is 2.03. The van der Waals surface area contributed by atoms with Gasteiger partial charge in [0.1, 0.15) is 5.76 Å². The molecule has 0 unspecified atom stereocenters. The normalized spacial score (nSPS) is 10.3. The summed E-state index contributed by atoms with van der Waals surface area (Å²) in [6, 6.07) is 5.32. The maximum Gasteiger partial charge on any atom is 0.253 e. The molecule has 0 atom stereocenters. The van der Waals surface area contributed by atoms with Crippen molar-refractivity contribution in [3.63, 3.8) is 0 Å². The zero-order valence-corrected chi connectivity index (χ0v) is 10.4. The summed E-state index contributed by atoms with van der Waals surface area (Å²) in [7, 11) is 0. The molecule has 0 saturated carbocycles. The van der Waals surface area contributed by atoms with E-state index in [1.165, 1.54) is 0 Å². The first kappa shape index (κ1) is 12.2. The second-order valence-electron chi connectivity index (χ2n) is 4.14. The summed E-state index contributed by atoms with van der Waals surface area (Å²) in [6.45, 7) is 3.98. The number of nitrogens with zero attached hydrogens (tertiary/aromatic N) is 1. The van der Waals surface area contributed by atoms with Crippen molar-refractivity contribution in [2.45, 2.75) is 20.4 Å². The van der Waals surface area contributed by atoms with Crippen molar-refractivity contribution < 1.29 is 9.21 Å². The van der Waals surface area contributed by atoms with Crippen LogP contribution in [0.3, 0.4) is 0 Å². The Morgan fingerprint density at radius 3 is 2.83 bits per heavy atom. The Bertz CT molecular complexity index is 575. The Labute approximate surface area is 105 Å².